The monoisotopic (exact) mass is 530 g/mol. The van der Waals surface area contributed by atoms with Crippen LogP contribution in [-0.4, -0.2) is 23.1 Å². The maximum absolute atomic E-state index is 12.9. The number of fused-ring (bicyclic) bond motifs is 4. The molecule has 6 heteroatoms. The van der Waals surface area contributed by atoms with Crippen LogP contribution in [0.3, 0.4) is 0 Å². The van der Waals surface area contributed by atoms with E-state index in [0.717, 1.165) is 41.1 Å². The van der Waals surface area contributed by atoms with Gasteiger partial charge in [-0.25, -0.2) is 0 Å². The van der Waals surface area contributed by atoms with Gasteiger partial charge in [0.1, 0.15) is 0 Å². The number of benzene rings is 3. The molecule has 2 heterocycles. The molecule has 0 atom stereocenters. The first kappa shape index (κ1) is 22.9. The molecule has 0 bridgehead atoms. The Hall–Kier alpha value is -4.26. The number of thiophene rings is 2. The van der Waals surface area contributed by atoms with Gasteiger partial charge in [-0.3, -0.25) is 19.2 Å². The van der Waals surface area contributed by atoms with Crippen molar-refractivity contribution in [2.45, 2.75) is 13.8 Å². The summed E-state index contributed by atoms with van der Waals surface area (Å²) >= 11 is 3.11. The summed E-state index contributed by atoms with van der Waals surface area (Å²) in [5, 5.41) is 2.15. The molecule has 0 N–H and O–H groups in total. The normalized spacial score (nSPS) is 14.7. The van der Waals surface area contributed by atoms with Gasteiger partial charge in [-0.05, 0) is 60.0 Å². The van der Waals surface area contributed by atoms with Crippen molar-refractivity contribution in [3.63, 3.8) is 0 Å². The molecule has 0 spiro atoms. The van der Waals surface area contributed by atoms with Gasteiger partial charge >= 0.3 is 0 Å². The summed E-state index contributed by atoms with van der Waals surface area (Å²) in [5.74, 6) is -0.914. The second-order valence-corrected chi connectivity index (χ2v) is 11.7. The van der Waals surface area contributed by atoms with E-state index in [9.17, 15) is 19.2 Å². The van der Waals surface area contributed by atoms with Crippen molar-refractivity contribution in [2.75, 3.05) is 0 Å². The summed E-state index contributed by atoms with van der Waals surface area (Å²) in [4.78, 5) is 53.2. The fraction of sp³-hybridized carbons (Fsp3) is 0.0625. The molecular weight excluding hydrogens is 512 g/mol. The Morgan fingerprint density at radius 1 is 0.526 bits per heavy atom. The fourth-order valence-corrected chi connectivity index (χ4v) is 7.76. The van der Waals surface area contributed by atoms with E-state index in [1.54, 1.807) is 83.4 Å². The largest absolute Gasteiger partial charge is 0.288 e. The molecule has 0 amide bonds. The number of allylic oxidation sites excluding steroid dienone is 2. The molecule has 182 valence electrons. The number of aryl methyl sites for hydroxylation is 2. The minimum atomic E-state index is -0.228. The lowest BCUT2D eigenvalue weighted by atomic mass is 10.0. The van der Waals surface area contributed by atoms with E-state index in [0.29, 0.717) is 22.3 Å². The molecule has 0 aliphatic heterocycles. The van der Waals surface area contributed by atoms with E-state index in [2.05, 4.69) is 13.8 Å². The Kier molecular flexibility index (Phi) is 4.89. The van der Waals surface area contributed by atoms with Gasteiger partial charge in [0.05, 0.1) is 11.1 Å². The highest BCUT2D eigenvalue weighted by atomic mass is 32.1. The van der Waals surface area contributed by atoms with Crippen LogP contribution in [0.4, 0.5) is 0 Å². The molecule has 0 fully saturated rings. The summed E-state index contributed by atoms with van der Waals surface area (Å²) in [5.41, 5.74) is 4.44. The average Bonchev–Trinajstić information content (AvgIpc) is 3.67. The molecule has 0 saturated carbocycles. The Bertz CT molecular complexity index is 1740. The molecule has 0 saturated heterocycles. The van der Waals surface area contributed by atoms with Crippen LogP contribution in [0, 0.1) is 13.8 Å². The second kappa shape index (κ2) is 8.12. The molecule has 7 rings (SSSR count). The van der Waals surface area contributed by atoms with E-state index in [4.69, 9.17) is 0 Å². The quantitative estimate of drug-likeness (QED) is 0.174. The Morgan fingerprint density at radius 3 is 1.16 bits per heavy atom. The molecule has 38 heavy (non-hydrogen) atoms. The lowest BCUT2D eigenvalue weighted by Gasteiger charge is -2.03. The van der Waals surface area contributed by atoms with Crippen LogP contribution in [0.15, 0.2) is 71.8 Å². The zero-order chi connectivity index (χ0) is 26.3. The van der Waals surface area contributed by atoms with Crippen molar-refractivity contribution in [1.29, 1.82) is 0 Å². The van der Waals surface area contributed by atoms with Crippen LogP contribution in [0.25, 0.3) is 32.3 Å². The van der Waals surface area contributed by atoms with Gasteiger partial charge in [0.25, 0.3) is 0 Å². The van der Waals surface area contributed by atoms with Crippen molar-refractivity contribution < 1.29 is 19.2 Å². The maximum Gasteiger partial charge on any atom is 0.197 e. The van der Waals surface area contributed by atoms with Crippen LogP contribution in [0.2, 0.25) is 0 Å². The standard InChI is InChI=1S/C32H18O4S2/c1-15-23-11-17(13-25-27(33)19-7-3-4-8-20(19)28(25)34)38-32(23)16(2)24-12-18(37-31(15)24)14-26-29(35)21-9-5-6-10-22(21)30(26)36/h3-14H,1-2H3. The lowest BCUT2D eigenvalue weighted by molar-refractivity contribution is 0.0975. The van der Waals surface area contributed by atoms with Crippen LogP contribution >= 0.6 is 22.7 Å². The van der Waals surface area contributed by atoms with Gasteiger partial charge in [0, 0.05) is 41.4 Å². The number of hydrogen-bond acceptors (Lipinski definition) is 6. The minimum Gasteiger partial charge on any atom is -0.288 e. The van der Waals surface area contributed by atoms with Crippen LogP contribution in [0.5, 0.6) is 0 Å². The summed E-state index contributed by atoms with van der Waals surface area (Å²) in [6.07, 6.45) is 3.43. The zero-order valence-electron chi connectivity index (χ0n) is 20.4. The molecule has 2 aromatic heterocycles. The lowest BCUT2D eigenvalue weighted by Crippen LogP contribution is -1.99. The smallest absolute Gasteiger partial charge is 0.197 e. The predicted molar refractivity (Wildman–Crippen MR) is 153 cm³/mol. The average molecular weight is 531 g/mol. The third kappa shape index (κ3) is 3.14. The fourth-order valence-electron chi connectivity index (χ4n) is 5.41. The highest BCUT2D eigenvalue weighted by Gasteiger charge is 2.34. The maximum atomic E-state index is 12.9. The first-order chi connectivity index (χ1) is 18.3. The predicted octanol–water partition coefficient (Wildman–Crippen LogP) is 7.66. The Balaban J connectivity index is 1.31. The number of carbonyl (C=O) groups excluding carboxylic acids is 4. The van der Waals surface area contributed by atoms with Gasteiger partial charge in [-0.1, -0.05) is 48.5 Å². The van der Waals surface area contributed by atoms with Crippen molar-refractivity contribution in [3.05, 3.63) is 115 Å². The van der Waals surface area contributed by atoms with Crippen molar-refractivity contribution >= 4 is 78.1 Å². The molecule has 5 aromatic rings. The summed E-state index contributed by atoms with van der Waals surface area (Å²) in [6.45, 7) is 4.12. The van der Waals surface area contributed by atoms with E-state index >= 15 is 0 Å². The zero-order valence-corrected chi connectivity index (χ0v) is 22.0. The number of Topliss-reactive ketones (excluding diaryl/α,β-unsaturated/α-hetero) is 4. The van der Waals surface area contributed by atoms with Crippen molar-refractivity contribution in [1.82, 2.24) is 0 Å². The highest BCUT2D eigenvalue weighted by molar-refractivity contribution is 7.22. The number of rotatable bonds is 2. The number of carbonyl (C=O) groups is 4. The molecular formula is C32H18O4S2. The first-order valence-electron chi connectivity index (χ1n) is 12.1. The van der Waals surface area contributed by atoms with Crippen LogP contribution < -0.4 is 0 Å². The summed E-state index contributed by atoms with van der Waals surface area (Å²) in [6, 6.07) is 17.9. The SMILES string of the molecule is Cc1c2cc(C=C3C(=O)c4ccccc4C3=O)sc2c(C)c2cc(C=C3C(=O)c4ccccc4C3=O)sc12. The summed E-state index contributed by atoms with van der Waals surface area (Å²) in [7, 11) is 0. The highest BCUT2D eigenvalue weighted by Crippen LogP contribution is 2.42. The first-order valence-corrected chi connectivity index (χ1v) is 13.7. The Morgan fingerprint density at radius 2 is 0.842 bits per heavy atom. The molecule has 4 nitrogen and oxygen atoms in total. The van der Waals surface area contributed by atoms with Gasteiger partial charge in [0.2, 0.25) is 0 Å². The second-order valence-electron chi connectivity index (χ2n) is 9.56. The van der Waals surface area contributed by atoms with Crippen molar-refractivity contribution in [2.24, 2.45) is 0 Å². The van der Waals surface area contributed by atoms with E-state index in [1.807, 2.05) is 12.1 Å². The molecule has 0 radical (unpaired) electrons. The minimum absolute atomic E-state index is 0.204. The van der Waals surface area contributed by atoms with Crippen LogP contribution in [0.1, 0.15) is 62.3 Å². The van der Waals surface area contributed by atoms with Gasteiger partial charge in [-0.2, -0.15) is 0 Å². The third-order valence-electron chi connectivity index (χ3n) is 7.38. The molecule has 3 aromatic carbocycles. The van der Waals surface area contributed by atoms with Gasteiger partial charge in [0.15, 0.2) is 23.1 Å². The van der Waals surface area contributed by atoms with Gasteiger partial charge in [-0.15, -0.1) is 22.7 Å². The molecule has 2 aliphatic carbocycles. The van der Waals surface area contributed by atoms with E-state index < -0.39 is 0 Å². The topological polar surface area (TPSA) is 68.3 Å². The van der Waals surface area contributed by atoms with E-state index in [1.165, 1.54) is 0 Å². The third-order valence-corrected chi connectivity index (χ3v) is 9.78. The van der Waals surface area contributed by atoms with Crippen LogP contribution in [-0.2, 0) is 0 Å². The van der Waals surface area contributed by atoms with E-state index in [-0.39, 0.29) is 34.3 Å². The number of hydrogen-bond donors (Lipinski definition) is 0. The van der Waals surface area contributed by atoms with Crippen molar-refractivity contribution in [3.8, 4) is 0 Å². The van der Waals surface area contributed by atoms with Gasteiger partial charge < -0.3 is 0 Å². The molecule has 0 unspecified atom stereocenters. The summed E-state index contributed by atoms with van der Waals surface area (Å²) < 4.78 is 2.18. The number of ketones is 4. The Labute approximate surface area is 225 Å². The molecule has 2 aliphatic rings.